The van der Waals surface area contributed by atoms with Gasteiger partial charge in [0.2, 0.25) is 0 Å². The number of H-pyrrole nitrogens is 1. The predicted octanol–water partition coefficient (Wildman–Crippen LogP) is 3.39. The van der Waals surface area contributed by atoms with E-state index in [1.807, 2.05) is 12.1 Å². The van der Waals surface area contributed by atoms with E-state index in [9.17, 15) is 0 Å². The van der Waals surface area contributed by atoms with Gasteiger partial charge in [0, 0.05) is 28.2 Å². The number of rotatable bonds is 2. The van der Waals surface area contributed by atoms with Crippen LogP contribution in [0.3, 0.4) is 0 Å². The van der Waals surface area contributed by atoms with Crippen molar-refractivity contribution in [1.29, 1.82) is 0 Å². The summed E-state index contributed by atoms with van der Waals surface area (Å²) in [5.41, 5.74) is 3.56. The minimum Gasteiger partial charge on any atom is -0.380 e. The van der Waals surface area contributed by atoms with Crippen molar-refractivity contribution < 1.29 is 4.74 Å². The van der Waals surface area contributed by atoms with Crippen LogP contribution in [0.2, 0.25) is 0 Å². The minimum atomic E-state index is 0.655. The van der Waals surface area contributed by atoms with Crippen LogP contribution in [0.15, 0.2) is 22.7 Å². The number of hydrogen-bond donors (Lipinski definition) is 1. The molecule has 14 heavy (non-hydrogen) atoms. The van der Waals surface area contributed by atoms with E-state index in [1.165, 1.54) is 16.6 Å². The van der Waals surface area contributed by atoms with Gasteiger partial charge in [-0.2, -0.15) is 0 Å². The number of halogens is 1. The molecule has 0 saturated heterocycles. The van der Waals surface area contributed by atoms with E-state index in [4.69, 9.17) is 4.74 Å². The van der Waals surface area contributed by atoms with Crippen LogP contribution in [0.1, 0.15) is 11.3 Å². The van der Waals surface area contributed by atoms with Gasteiger partial charge in [0.15, 0.2) is 0 Å². The van der Waals surface area contributed by atoms with E-state index in [-0.39, 0.29) is 0 Å². The Morgan fingerprint density at radius 2 is 2.21 bits per heavy atom. The van der Waals surface area contributed by atoms with E-state index in [0.29, 0.717) is 6.61 Å². The van der Waals surface area contributed by atoms with Gasteiger partial charge in [-0.1, -0.05) is 12.1 Å². The van der Waals surface area contributed by atoms with Crippen molar-refractivity contribution in [3.8, 4) is 0 Å². The molecule has 1 N–H and O–H groups in total. The first-order valence-electron chi connectivity index (χ1n) is 4.48. The molecule has 0 bridgehead atoms. The summed E-state index contributed by atoms with van der Waals surface area (Å²) in [4.78, 5) is 3.35. The third-order valence-electron chi connectivity index (χ3n) is 2.39. The SMILES string of the molecule is COCc1c(C)[nH]c2c(Br)cccc12. The van der Waals surface area contributed by atoms with Gasteiger partial charge >= 0.3 is 0 Å². The Morgan fingerprint density at radius 3 is 2.93 bits per heavy atom. The Labute approximate surface area is 91.4 Å². The maximum atomic E-state index is 5.18. The molecular formula is C11H12BrNO. The van der Waals surface area contributed by atoms with Gasteiger partial charge in [-0.05, 0) is 28.9 Å². The molecule has 0 aliphatic heterocycles. The highest BCUT2D eigenvalue weighted by atomic mass is 79.9. The number of para-hydroxylation sites is 1. The molecule has 74 valence electrons. The molecule has 0 aliphatic rings. The summed E-state index contributed by atoms with van der Waals surface area (Å²) < 4.78 is 6.28. The first-order valence-corrected chi connectivity index (χ1v) is 5.28. The molecule has 0 amide bonds. The van der Waals surface area contributed by atoms with Gasteiger partial charge in [-0.3, -0.25) is 0 Å². The van der Waals surface area contributed by atoms with Crippen molar-refractivity contribution in [3.05, 3.63) is 33.9 Å². The molecule has 2 aromatic rings. The Hall–Kier alpha value is -0.800. The number of methoxy groups -OCH3 is 1. The summed E-state index contributed by atoms with van der Waals surface area (Å²) in [6.45, 7) is 2.73. The van der Waals surface area contributed by atoms with Crippen molar-refractivity contribution in [2.24, 2.45) is 0 Å². The van der Waals surface area contributed by atoms with Crippen LogP contribution in [0, 0.1) is 6.92 Å². The maximum Gasteiger partial charge on any atom is 0.0736 e. The zero-order chi connectivity index (χ0) is 10.1. The molecule has 1 aromatic heterocycles. The lowest BCUT2D eigenvalue weighted by Gasteiger charge is -1.98. The lowest BCUT2D eigenvalue weighted by molar-refractivity contribution is 0.185. The second-order valence-corrected chi connectivity index (χ2v) is 4.18. The number of aromatic nitrogens is 1. The van der Waals surface area contributed by atoms with E-state index in [1.54, 1.807) is 7.11 Å². The Bertz CT molecular complexity index is 462. The second-order valence-electron chi connectivity index (χ2n) is 3.32. The van der Waals surface area contributed by atoms with Gasteiger partial charge in [0.25, 0.3) is 0 Å². The molecule has 0 fully saturated rings. The summed E-state index contributed by atoms with van der Waals surface area (Å²) in [5, 5.41) is 1.23. The van der Waals surface area contributed by atoms with Crippen LogP contribution < -0.4 is 0 Å². The van der Waals surface area contributed by atoms with Gasteiger partial charge in [-0.15, -0.1) is 0 Å². The molecule has 1 heterocycles. The zero-order valence-electron chi connectivity index (χ0n) is 8.23. The van der Waals surface area contributed by atoms with Crippen molar-refractivity contribution in [2.45, 2.75) is 13.5 Å². The second kappa shape index (κ2) is 3.75. The van der Waals surface area contributed by atoms with Gasteiger partial charge in [-0.25, -0.2) is 0 Å². The Balaban J connectivity index is 2.70. The van der Waals surface area contributed by atoms with Crippen LogP contribution in [-0.2, 0) is 11.3 Å². The highest BCUT2D eigenvalue weighted by molar-refractivity contribution is 9.10. The molecule has 0 atom stereocenters. The third kappa shape index (κ3) is 1.47. The van der Waals surface area contributed by atoms with Crippen LogP contribution in [0.4, 0.5) is 0 Å². The highest BCUT2D eigenvalue weighted by Gasteiger charge is 2.09. The number of hydrogen-bond acceptors (Lipinski definition) is 1. The average molecular weight is 254 g/mol. The van der Waals surface area contributed by atoms with Gasteiger partial charge < -0.3 is 9.72 Å². The number of nitrogens with one attached hydrogen (secondary N) is 1. The Kier molecular flexibility index (Phi) is 2.61. The normalized spacial score (nSPS) is 11.1. The van der Waals surface area contributed by atoms with E-state index < -0.39 is 0 Å². The fourth-order valence-electron chi connectivity index (χ4n) is 1.70. The predicted molar refractivity (Wildman–Crippen MR) is 61.4 cm³/mol. The topological polar surface area (TPSA) is 25.0 Å². The van der Waals surface area contributed by atoms with Gasteiger partial charge in [0.1, 0.15) is 0 Å². The van der Waals surface area contributed by atoms with Crippen molar-refractivity contribution in [2.75, 3.05) is 7.11 Å². The fourth-order valence-corrected chi connectivity index (χ4v) is 2.16. The van der Waals surface area contributed by atoms with E-state index in [0.717, 1.165) is 9.99 Å². The first-order chi connectivity index (χ1) is 6.74. The molecule has 0 spiro atoms. The molecule has 0 radical (unpaired) electrons. The van der Waals surface area contributed by atoms with Crippen LogP contribution in [0.25, 0.3) is 10.9 Å². The molecule has 0 saturated carbocycles. The number of aryl methyl sites for hydroxylation is 1. The summed E-state index contributed by atoms with van der Waals surface area (Å²) in [7, 11) is 1.72. The zero-order valence-corrected chi connectivity index (χ0v) is 9.81. The molecule has 2 rings (SSSR count). The van der Waals surface area contributed by atoms with Crippen LogP contribution >= 0.6 is 15.9 Å². The average Bonchev–Trinajstić information content (AvgIpc) is 2.47. The van der Waals surface area contributed by atoms with Crippen LogP contribution in [0.5, 0.6) is 0 Å². The molecule has 0 aliphatic carbocycles. The van der Waals surface area contributed by atoms with Crippen molar-refractivity contribution in [1.82, 2.24) is 4.98 Å². The Morgan fingerprint density at radius 1 is 1.43 bits per heavy atom. The van der Waals surface area contributed by atoms with Crippen molar-refractivity contribution >= 4 is 26.8 Å². The molecule has 3 heteroatoms. The third-order valence-corrected chi connectivity index (χ3v) is 3.05. The summed E-state index contributed by atoms with van der Waals surface area (Å²) in [6.07, 6.45) is 0. The maximum absolute atomic E-state index is 5.18. The summed E-state index contributed by atoms with van der Waals surface area (Å²) in [5.74, 6) is 0. The lowest BCUT2D eigenvalue weighted by Crippen LogP contribution is -1.87. The minimum absolute atomic E-state index is 0.655. The summed E-state index contributed by atoms with van der Waals surface area (Å²) in [6, 6.07) is 6.19. The fraction of sp³-hybridized carbons (Fsp3) is 0.273. The molecular weight excluding hydrogens is 242 g/mol. The summed E-state index contributed by atoms with van der Waals surface area (Å²) >= 11 is 3.52. The van der Waals surface area contributed by atoms with E-state index >= 15 is 0 Å². The van der Waals surface area contributed by atoms with E-state index in [2.05, 4.69) is 33.9 Å². The largest absolute Gasteiger partial charge is 0.380 e. The monoisotopic (exact) mass is 253 g/mol. The lowest BCUT2D eigenvalue weighted by atomic mass is 10.1. The van der Waals surface area contributed by atoms with Crippen LogP contribution in [-0.4, -0.2) is 12.1 Å². The first kappa shape index (κ1) is 9.74. The smallest absolute Gasteiger partial charge is 0.0736 e. The quantitative estimate of drug-likeness (QED) is 0.873. The number of fused-ring (bicyclic) bond motifs is 1. The molecule has 1 aromatic carbocycles. The van der Waals surface area contributed by atoms with Gasteiger partial charge in [0.05, 0.1) is 12.1 Å². The number of aromatic amines is 1. The standard InChI is InChI=1S/C11H12BrNO/c1-7-9(6-14-2)8-4-3-5-10(12)11(8)13-7/h3-5,13H,6H2,1-2H3. The molecule has 2 nitrogen and oxygen atoms in total. The molecule has 0 unspecified atom stereocenters. The number of ether oxygens (including phenoxy) is 1. The number of benzene rings is 1. The highest BCUT2D eigenvalue weighted by Crippen LogP contribution is 2.28. The van der Waals surface area contributed by atoms with Crippen molar-refractivity contribution in [3.63, 3.8) is 0 Å².